The van der Waals surface area contributed by atoms with E-state index < -0.39 is 0 Å². The maximum atomic E-state index is 13.0. The zero-order valence-corrected chi connectivity index (χ0v) is 15.3. The van der Waals surface area contributed by atoms with Crippen molar-refractivity contribution in [1.29, 1.82) is 0 Å². The van der Waals surface area contributed by atoms with Crippen LogP contribution in [0.25, 0.3) is 0 Å². The summed E-state index contributed by atoms with van der Waals surface area (Å²) >= 11 is 0. The molecule has 1 atom stereocenters. The van der Waals surface area contributed by atoms with Crippen molar-refractivity contribution in [3.05, 3.63) is 0 Å². The molecule has 4 fully saturated rings. The SMILES string of the molecule is O=C(C1CCCCC1)N1CCC(N(C(=O)C2CC2)C2CCOCC2)C1. The Kier molecular flexibility index (Phi) is 5.30. The fourth-order valence-electron chi connectivity index (χ4n) is 4.94. The Morgan fingerprint density at radius 3 is 2.20 bits per heavy atom. The van der Waals surface area contributed by atoms with Crippen LogP contribution in [0.15, 0.2) is 0 Å². The fraction of sp³-hybridized carbons (Fsp3) is 0.900. The standard InChI is InChI=1S/C20H32N2O3/c23-19(15-4-2-1-3-5-15)21-11-8-18(14-21)22(20(24)16-6-7-16)17-9-12-25-13-10-17/h15-18H,1-14H2. The van der Waals surface area contributed by atoms with Crippen LogP contribution in [0.4, 0.5) is 0 Å². The van der Waals surface area contributed by atoms with Gasteiger partial charge >= 0.3 is 0 Å². The maximum absolute atomic E-state index is 13.0. The van der Waals surface area contributed by atoms with Gasteiger partial charge in [0.2, 0.25) is 11.8 Å². The molecule has 0 aromatic carbocycles. The van der Waals surface area contributed by atoms with Gasteiger partial charge in [0.25, 0.3) is 0 Å². The van der Waals surface area contributed by atoms with Crippen molar-refractivity contribution in [2.75, 3.05) is 26.3 Å². The molecule has 0 aromatic heterocycles. The molecular formula is C20H32N2O3. The van der Waals surface area contributed by atoms with Crippen molar-refractivity contribution in [3.63, 3.8) is 0 Å². The average molecular weight is 348 g/mol. The van der Waals surface area contributed by atoms with E-state index in [1.165, 1.54) is 19.3 Å². The molecule has 140 valence electrons. The lowest BCUT2D eigenvalue weighted by Crippen LogP contribution is -2.51. The molecule has 2 amide bonds. The minimum atomic E-state index is 0.226. The highest BCUT2D eigenvalue weighted by Gasteiger charge is 2.43. The van der Waals surface area contributed by atoms with Crippen molar-refractivity contribution in [1.82, 2.24) is 9.80 Å². The van der Waals surface area contributed by atoms with E-state index in [1.807, 2.05) is 0 Å². The zero-order valence-electron chi connectivity index (χ0n) is 15.3. The Morgan fingerprint density at radius 2 is 1.52 bits per heavy atom. The quantitative estimate of drug-likeness (QED) is 0.785. The van der Waals surface area contributed by atoms with Gasteiger partial charge in [-0.25, -0.2) is 0 Å². The Hall–Kier alpha value is -1.10. The smallest absolute Gasteiger partial charge is 0.226 e. The number of carbonyl (C=O) groups excluding carboxylic acids is 2. The third-order valence-corrected chi connectivity index (χ3v) is 6.59. The number of rotatable bonds is 4. The first kappa shape index (κ1) is 17.3. The molecule has 5 nitrogen and oxygen atoms in total. The van der Waals surface area contributed by atoms with E-state index in [2.05, 4.69) is 9.80 Å². The number of amides is 2. The predicted molar refractivity (Wildman–Crippen MR) is 95.0 cm³/mol. The molecule has 2 saturated heterocycles. The van der Waals surface area contributed by atoms with Crippen molar-refractivity contribution in [2.24, 2.45) is 11.8 Å². The van der Waals surface area contributed by atoms with E-state index in [0.29, 0.717) is 17.9 Å². The monoisotopic (exact) mass is 348 g/mol. The number of likely N-dealkylation sites (tertiary alicyclic amines) is 1. The van der Waals surface area contributed by atoms with Crippen molar-refractivity contribution in [3.8, 4) is 0 Å². The molecule has 0 aromatic rings. The van der Waals surface area contributed by atoms with Gasteiger partial charge in [0.1, 0.15) is 0 Å². The summed E-state index contributed by atoms with van der Waals surface area (Å²) < 4.78 is 5.50. The lowest BCUT2D eigenvalue weighted by molar-refractivity contribution is -0.141. The molecule has 4 rings (SSSR count). The van der Waals surface area contributed by atoms with Gasteiger partial charge in [-0.3, -0.25) is 9.59 Å². The summed E-state index contributed by atoms with van der Waals surface area (Å²) in [5.74, 6) is 1.20. The van der Waals surface area contributed by atoms with Gasteiger partial charge in [0.15, 0.2) is 0 Å². The first-order valence-corrected chi connectivity index (χ1v) is 10.4. The molecule has 4 aliphatic rings. The van der Waals surface area contributed by atoms with E-state index in [1.54, 1.807) is 0 Å². The minimum Gasteiger partial charge on any atom is -0.381 e. The third-order valence-electron chi connectivity index (χ3n) is 6.59. The van der Waals surface area contributed by atoms with Gasteiger partial charge in [0.05, 0.1) is 6.04 Å². The Morgan fingerprint density at radius 1 is 0.800 bits per heavy atom. The van der Waals surface area contributed by atoms with E-state index >= 15 is 0 Å². The lowest BCUT2D eigenvalue weighted by atomic mass is 9.88. The number of nitrogens with zero attached hydrogens (tertiary/aromatic N) is 2. The normalized spacial score (nSPS) is 29.0. The van der Waals surface area contributed by atoms with Gasteiger partial charge in [-0.2, -0.15) is 0 Å². The molecule has 1 unspecified atom stereocenters. The Balaban J connectivity index is 1.41. The first-order chi connectivity index (χ1) is 12.2. The van der Waals surface area contributed by atoms with Gasteiger partial charge in [0, 0.05) is 44.2 Å². The van der Waals surface area contributed by atoms with Crippen LogP contribution < -0.4 is 0 Å². The number of hydrogen-bond acceptors (Lipinski definition) is 3. The Labute approximate surface area is 151 Å². The second kappa shape index (κ2) is 7.65. The zero-order chi connectivity index (χ0) is 17.2. The van der Waals surface area contributed by atoms with Gasteiger partial charge < -0.3 is 14.5 Å². The molecule has 0 spiro atoms. The fourth-order valence-corrected chi connectivity index (χ4v) is 4.94. The molecule has 0 N–H and O–H groups in total. The van der Waals surface area contributed by atoms with Crippen LogP contribution in [0, 0.1) is 11.8 Å². The van der Waals surface area contributed by atoms with Crippen LogP contribution in [0.3, 0.4) is 0 Å². The highest BCUT2D eigenvalue weighted by molar-refractivity contribution is 5.82. The predicted octanol–water partition coefficient (Wildman–Crippen LogP) is 2.59. The van der Waals surface area contributed by atoms with Crippen LogP contribution in [0.1, 0.15) is 64.2 Å². The summed E-state index contributed by atoms with van der Waals surface area (Å²) in [5.41, 5.74) is 0. The van der Waals surface area contributed by atoms with E-state index in [-0.39, 0.29) is 17.9 Å². The highest BCUT2D eigenvalue weighted by atomic mass is 16.5. The molecule has 0 radical (unpaired) electrons. The topological polar surface area (TPSA) is 49.9 Å². The van der Waals surface area contributed by atoms with Crippen LogP contribution in [-0.4, -0.2) is 60.0 Å². The second-order valence-corrected chi connectivity index (χ2v) is 8.43. The molecule has 0 bridgehead atoms. The van der Waals surface area contributed by atoms with Crippen molar-refractivity contribution in [2.45, 2.75) is 76.3 Å². The molecular weight excluding hydrogens is 316 g/mol. The maximum Gasteiger partial charge on any atom is 0.226 e. The van der Waals surface area contributed by atoms with Crippen LogP contribution in [0.5, 0.6) is 0 Å². The molecule has 2 aliphatic carbocycles. The van der Waals surface area contributed by atoms with Crippen LogP contribution in [0.2, 0.25) is 0 Å². The molecule has 2 heterocycles. The van der Waals surface area contributed by atoms with Crippen molar-refractivity contribution < 1.29 is 14.3 Å². The summed E-state index contributed by atoms with van der Waals surface area (Å²) in [5, 5.41) is 0. The summed E-state index contributed by atoms with van der Waals surface area (Å²) in [6.07, 6.45) is 10.7. The van der Waals surface area contributed by atoms with Gasteiger partial charge in [-0.05, 0) is 44.9 Å². The van der Waals surface area contributed by atoms with Gasteiger partial charge in [-0.15, -0.1) is 0 Å². The molecule has 2 saturated carbocycles. The largest absolute Gasteiger partial charge is 0.381 e. The molecule has 5 heteroatoms. The number of ether oxygens (including phenoxy) is 1. The van der Waals surface area contributed by atoms with Crippen LogP contribution >= 0.6 is 0 Å². The van der Waals surface area contributed by atoms with E-state index in [9.17, 15) is 9.59 Å². The van der Waals surface area contributed by atoms with Gasteiger partial charge in [-0.1, -0.05) is 19.3 Å². The third kappa shape index (κ3) is 3.86. The first-order valence-electron chi connectivity index (χ1n) is 10.4. The number of hydrogen-bond donors (Lipinski definition) is 0. The molecule has 25 heavy (non-hydrogen) atoms. The Bertz CT molecular complexity index is 493. The highest BCUT2D eigenvalue weighted by Crippen LogP contribution is 2.35. The summed E-state index contributed by atoms with van der Waals surface area (Å²) in [6.45, 7) is 3.11. The van der Waals surface area contributed by atoms with E-state index in [0.717, 1.165) is 71.2 Å². The second-order valence-electron chi connectivity index (χ2n) is 8.43. The summed E-state index contributed by atoms with van der Waals surface area (Å²) in [7, 11) is 0. The lowest BCUT2D eigenvalue weighted by Gasteiger charge is -2.39. The average Bonchev–Trinajstić information content (AvgIpc) is 3.41. The molecule has 2 aliphatic heterocycles. The minimum absolute atomic E-state index is 0.226. The van der Waals surface area contributed by atoms with Crippen LogP contribution in [-0.2, 0) is 14.3 Å². The van der Waals surface area contributed by atoms with E-state index in [4.69, 9.17) is 4.74 Å². The summed E-state index contributed by atoms with van der Waals surface area (Å²) in [6, 6.07) is 0.542. The summed E-state index contributed by atoms with van der Waals surface area (Å²) in [4.78, 5) is 30.1. The van der Waals surface area contributed by atoms with Crippen molar-refractivity contribution >= 4 is 11.8 Å². The number of carbonyl (C=O) groups is 2.